The summed E-state index contributed by atoms with van der Waals surface area (Å²) in [5, 5.41) is 8.99. The van der Waals surface area contributed by atoms with Crippen LogP contribution in [0.5, 0.6) is 5.75 Å². The maximum Gasteiger partial charge on any atom is 0.366 e. The van der Waals surface area contributed by atoms with Crippen molar-refractivity contribution in [2.75, 3.05) is 20.3 Å². The van der Waals surface area contributed by atoms with E-state index in [9.17, 15) is 14.5 Å². The summed E-state index contributed by atoms with van der Waals surface area (Å²) >= 11 is 0. The molecule has 0 aliphatic heterocycles. The van der Waals surface area contributed by atoms with Crippen molar-refractivity contribution < 1.29 is 28.3 Å². The molecule has 0 heterocycles. The number of hydrogen-bond acceptors (Lipinski definition) is 6. The van der Waals surface area contributed by atoms with Gasteiger partial charge in [0.1, 0.15) is 11.5 Å². The molecular formula is C15H23O6P. The van der Waals surface area contributed by atoms with E-state index >= 15 is 0 Å². The van der Waals surface area contributed by atoms with Crippen LogP contribution in [0, 0.1) is 0 Å². The first-order valence-corrected chi connectivity index (χ1v) is 8.62. The van der Waals surface area contributed by atoms with Gasteiger partial charge in [-0.05, 0) is 38.5 Å². The normalized spacial score (nSPS) is 14.4. The van der Waals surface area contributed by atoms with Gasteiger partial charge in [-0.25, -0.2) is 0 Å². The van der Waals surface area contributed by atoms with Crippen LogP contribution >= 0.6 is 7.60 Å². The maximum atomic E-state index is 13.0. The molecule has 0 spiro atoms. The quantitative estimate of drug-likeness (QED) is 0.701. The molecule has 0 radical (unpaired) electrons. The zero-order chi connectivity index (χ0) is 16.8. The third-order valence-electron chi connectivity index (χ3n) is 3.10. The van der Waals surface area contributed by atoms with Crippen molar-refractivity contribution in [3.8, 4) is 5.75 Å². The first-order chi connectivity index (χ1) is 10.3. The van der Waals surface area contributed by atoms with Crippen LogP contribution < -0.4 is 4.74 Å². The van der Waals surface area contributed by atoms with E-state index < -0.39 is 12.9 Å². The lowest BCUT2D eigenvalue weighted by Crippen LogP contribution is -2.30. The van der Waals surface area contributed by atoms with Gasteiger partial charge < -0.3 is 18.9 Å². The van der Waals surface area contributed by atoms with Gasteiger partial charge in [0.15, 0.2) is 5.34 Å². The number of methoxy groups -OCH3 is 1. The highest BCUT2D eigenvalue weighted by atomic mass is 31.2. The fraction of sp³-hybridized carbons (Fsp3) is 0.533. The van der Waals surface area contributed by atoms with Crippen molar-refractivity contribution in [3.05, 3.63) is 29.8 Å². The first-order valence-electron chi connectivity index (χ1n) is 7.08. The lowest BCUT2D eigenvalue weighted by atomic mass is 10.0. The third kappa shape index (κ3) is 3.96. The summed E-state index contributed by atoms with van der Waals surface area (Å²) < 4.78 is 28.6. The van der Waals surface area contributed by atoms with E-state index in [0.717, 1.165) is 0 Å². The molecule has 7 heteroatoms. The van der Waals surface area contributed by atoms with Gasteiger partial charge in [0.05, 0.1) is 26.7 Å². The van der Waals surface area contributed by atoms with E-state index in [4.69, 9.17) is 13.8 Å². The largest absolute Gasteiger partial charge is 0.497 e. The predicted octanol–water partition coefficient (Wildman–Crippen LogP) is 3.09. The zero-order valence-electron chi connectivity index (χ0n) is 13.4. The molecule has 1 atom stereocenters. The van der Waals surface area contributed by atoms with Gasteiger partial charge in [0, 0.05) is 0 Å². The monoisotopic (exact) mass is 330 g/mol. The Labute approximate surface area is 130 Å². The average molecular weight is 330 g/mol. The molecule has 124 valence electrons. The van der Waals surface area contributed by atoms with Crippen LogP contribution in [0.1, 0.15) is 32.8 Å². The molecule has 1 aromatic carbocycles. The van der Waals surface area contributed by atoms with E-state index in [-0.39, 0.29) is 31.0 Å². The van der Waals surface area contributed by atoms with Crippen molar-refractivity contribution in [2.24, 2.45) is 0 Å². The fourth-order valence-electron chi connectivity index (χ4n) is 2.15. The van der Waals surface area contributed by atoms with Gasteiger partial charge in [0.2, 0.25) is 0 Å². The van der Waals surface area contributed by atoms with Crippen molar-refractivity contribution in [1.29, 1.82) is 0 Å². The molecule has 1 N–H and O–H groups in total. The smallest absolute Gasteiger partial charge is 0.366 e. The highest BCUT2D eigenvalue weighted by Gasteiger charge is 2.51. The van der Waals surface area contributed by atoms with Crippen LogP contribution in [0.3, 0.4) is 0 Å². The second-order valence-electron chi connectivity index (χ2n) is 4.76. The van der Waals surface area contributed by atoms with E-state index in [0.29, 0.717) is 5.75 Å². The SMILES string of the molecule is CCOP(=O)(OCC)C(O)(CC(C)=O)c1ccc(OC)cc1. The standard InChI is InChI=1S/C15H23O6P/c1-5-20-22(18,21-6-2)15(17,11-12(3)16)13-7-9-14(19-4)10-8-13/h7-10,17H,5-6,11H2,1-4H3. The van der Waals surface area contributed by atoms with Gasteiger partial charge in [0.25, 0.3) is 0 Å². The van der Waals surface area contributed by atoms with E-state index in [1.807, 2.05) is 0 Å². The minimum atomic E-state index is -3.95. The van der Waals surface area contributed by atoms with Crippen LogP contribution in [0.2, 0.25) is 0 Å². The van der Waals surface area contributed by atoms with Gasteiger partial charge in [-0.15, -0.1) is 0 Å². The minimum absolute atomic E-state index is 0.0909. The molecule has 1 rings (SSSR count). The minimum Gasteiger partial charge on any atom is -0.497 e. The highest BCUT2D eigenvalue weighted by Crippen LogP contribution is 2.65. The van der Waals surface area contributed by atoms with Gasteiger partial charge in [-0.2, -0.15) is 0 Å². The molecule has 1 aromatic rings. The van der Waals surface area contributed by atoms with Crippen molar-refractivity contribution in [1.82, 2.24) is 0 Å². The molecule has 0 amide bonds. The molecule has 22 heavy (non-hydrogen) atoms. The van der Waals surface area contributed by atoms with Crippen molar-refractivity contribution in [2.45, 2.75) is 32.5 Å². The Kier molecular flexibility index (Phi) is 6.75. The summed E-state index contributed by atoms with van der Waals surface area (Å²) in [6, 6.07) is 6.32. The number of benzene rings is 1. The first kappa shape index (κ1) is 18.8. The van der Waals surface area contributed by atoms with Crippen LogP contribution in [0.4, 0.5) is 0 Å². The number of ether oxygens (including phenoxy) is 1. The van der Waals surface area contributed by atoms with Crippen LogP contribution in [0.15, 0.2) is 24.3 Å². The fourth-order valence-corrected chi connectivity index (χ4v) is 4.22. The lowest BCUT2D eigenvalue weighted by molar-refractivity contribution is -0.120. The molecular weight excluding hydrogens is 307 g/mol. The topological polar surface area (TPSA) is 82.1 Å². The molecule has 6 nitrogen and oxygen atoms in total. The second kappa shape index (κ2) is 7.88. The summed E-state index contributed by atoms with van der Waals surface area (Å²) in [5.41, 5.74) is 0.286. The molecule has 0 saturated carbocycles. The Hall–Kier alpha value is -1.20. The van der Waals surface area contributed by atoms with Crippen molar-refractivity contribution >= 4 is 13.4 Å². The lowest BCUT2D eigenvalue weighted by Gasteiger charge is -2.34. The molecule has 0 bridgehead atoms. The number of aliphatic hydroxyl groups is 1. The number of carbonyl (C=O) groups is 1. The van der Waals surface area contributed by atoms with E-state index in [1.165, 1.54) is 14.0 Å². The maximum absolute atomic E-state index is 13.0. The number of Topliss-reactive ketones (excluding diaryl/α,β-unsaturated/α-hetero) is 1. The molecule has 0 aliphatic carbocycles. The summed E-state index contributed by atoms with van der Waals surface area (Å²) in [5.74, 6) is 0.259. The number of rotatable bonds is 9. The van der Waals surface area contributed by atoms with Crippen LogP contribution in [-0.2, 0) is 23.7 Å². The zero-order valence-corrected chi connectivity index (χ0v) is 14.3. The average Bonchev–Trinajstić information content (AvgIpc) is 2.47. The molecule has 0 aromatic heterocycles. The molecule has 0 saturated heterocycles. The Morgan fingerprint density at radius 1 is 1.18 bits per heavy atom. The predicted molar refractivity (Wildman–Crippen MR) is 83.0 cm³/mol. The van der Waals surface area contributed by atoms with Crippen LogP contribution in [0.25, 0.3) is 0 Å². The Bertz CT molecular complexity index is 531. The number of hydrogen-bond donors (Lipinski definition) is 1. The number of carbonyl (C=O) groups excluding carboxylic acids is 1. The Morgan fingerprint density at radius 3 is 2.05 bits per heavy atom. The Balaban J connectivity index is 3.38. The molecule has 1 unspecified atom stereocenters. The summed E-state index contributed by atoms with van der Waals surface area (Å²) in [4.78, 5) is 11.6. The summed E-state index contributed by atoms with van der Waals surface area (Å²) in [6.07, 6.45) is -0.364. The van der Waals surface area contributed by atoms with E-state index in [1.54, 1.807) is 38.1 Å². The summed E-state index contributed by atoms with van der Waals surface area (Å²) in [7, 11) is -2.43. The summed E-state index contributed by atoms with van der Waals surface area (Å²) in [6.45, 7) is 4.79. The third-order valence-corrected chi connectivity index (χ3v) is 5.62. The van der Waals surface area contributed by atoms with Crippen molar-refractivity contribution in [3.63, 3.8) is 0 Å². The van der Waals surface area contributed by atoms with Crippen LogP contribution in [-0.4, -0.2) is 31.2 Å². The van der Waals surface area contributed by atoms with Gasteiger partial charge in [-0.1, -0.05) is 12.1 Å². The number of ketones is 1. The van der Waals surface area contributed by atoms with E-state index in [2.05, 4.69) is 0 Å². The van der Waals surface area contributed by atoms with Gasteiger partial charge in [-0.3, -0.25) is 9.36 Å². The highest BCUT2D eigenvalue weighted by molar-refractivity contribution is 7.55. The molecule has 0 aliphatic rings. The van der Waals surface area contributed by atoms with Gasteiger partial charge >= 0.3 is 7.60 Å². The Morgan fingerprint density at radius 2 is 1.68 bits per heavy atom. The second-order valence-corrected chi connectivity index (χ2v) is 7.01. The molecule has 0 fully saturated rings.